The Morgan fingerprint density at radius 3 is 2.53 bits per heavy atom. The predicted molar refractivity (Wildman–Crippen MR) is 55.4 cm³/mol. The van der Waals surface area contributed by atoms with Gasteiger partial charge in [-0.25, -0.2) is 4.98 Å². The molecular formula is C10H10ClF3N2O. The average molecular weight is 267 g/mol. The maximum absolute atomic E-state index is 12.5. The van der Waals surface area contributed by atoms with Crippen LogP contribution in [0.2, 0.25) is 5.15 Å². The SMILES string of the molecule is NC1(c2cc(C(F)(F)F)cnc2Cl)CC(O)C1. The highest BCUT2D eigenvalue weighted by atomic mass is 35.5. The molecule has 0 unspecified atom stereocenters. The summed E-state index contributed by atoms with van der Waals surface area (Å²) in [7, 11) is 0. The summed E-state index contributed by atoms with van der Waals surface area (Å²) in [5.74, 6) is 0. The molecule has 3 nitrogen and oxygen atoms in total. The van der Waals surface area contributed by atoms with E-state index in [1.54, 1.807) is 0 Å². The molecule has 1 fully saturated rings. The number of halogens is 4. The van der Waals surface area contributed by atoms with E-state index in [2.05, 4.69) is 4.98 Å². The molecule has 7 heteroatoms. The summed E-state index contributed by atoms with van der Waals surface area (Å²) >= 11 is 5.75. The van der Waals surface area contributed by atoms with Crippen molar-refractivity contribution in [3.63, 3.8) is 0 Å². The lowest BCUT2D eigenvalue weighted by Crippen LogP contribution is -2.52. The van der Waals surface area contributed by atoms with E-state index in [0.717, 1.165) is 6.07 Å². The van der Waals surface area contributed by atoms with E-state index in [9.17, 15) is 18.3 Å². The molecule has 0 atom stereocenters. The Kier molecular flexibility index (Phi) is 2.84. The third-order valence-electron chi connectivity index (χ3n) is 2.90. The van der Waals surface area contributed by atoms with Gasteiger partial charge in [-0.3, -0.25) is 0 Å². The van der Waals surface area contributed by atoms with Gasteiger partial charge in [-0.05, 0) is 18.9 Å². The van der Waals surface area contributed by atoms with Gasteiger partial charge in [-0.2, -0.15) is 13.2 Å². The Balaban J connectivity index is 2.41. The van der Waals surface area contributed by atoms with Gasteiger partial charge >= 0.3 is 6.18 Å². The fourth-order valence-corrected chi connectivity index (χ4v) is 2.24. The first kappa shape index (κ1) is 12.6. The van der Waals surface area contributed by atoms with Crippen LogP contribution in [0.1, 0.15) is 24.0 Å². The fourth-order valence-electron chi connectivity index (χ4n) is 1.95. The summed E-state index contributed by atoms with van der Waals surface area (Å²) in [5.41, 5.74) is 4.12. The third-order valence-corrected chi connectivity index (χ3v) is 3.20. The minimum atomic E-state index is -4.48. The number of aliphatic hydroxyl groups excluding tert-OH is 1. The highest BCUT2D eigenvalue weighted by Gasteiger charge is 2.44. The van der Waals surface area contributed by atoms with Crippen molar-refractivity contribution in [2.24, 2.45) is 5.73 Å². The number of pyridine rings is 1. The summed E-state index contributed by atoms with van der Waals surface area (Å²) in [6, 6.07) is 0.904. The molecule has 0 radical (unpaired) electrons. The highest BCUT2D eigenvalue weighted by Crippen LogP contribution is 2.43. The lowest BCUT2D eigenvalue weighted by Gasteiger charge is -2.42. The molecule has 2 rings (SSSR count). The van der Waals surface area contributed by atoms with Crippen LogP contribution in [0, 0.1) is 0 Å². The normalized spacial score (nSPS) is 28.9. The summed E-state index contributed by atoms with van der Waals surface area (Å²) in [4.78, 5) is 3.50. The molecule has 94 valence electrons. The summed E-state index contributed by atoms with van der Waals surface area (Å²) in [6.45, 7) is 0. The van der Waals surface area contributed by atoms with Crippen LogP contribution in [-0.4, -0.2) is 16.2 Å². The van der Waals surface area contributed by atoms with Crippen molar-refractivity contribution in [2.75, 3.05) is 0 Å². The van der Waals surface area contributed by atoms with Crippen LogP contribution in [0.15, 0.2) is 12.3 Å². The minimum Gasteiger partial charge on any atom is -0.393 e. The second kappa shape index (κ2) is 3.83. The quantitative estimate of drug-likeness (QED) is 0.765. The number of aliphatic hydroxyl groups is 1. The first-order chi connectivity index (χ1) is 7.72. The van der Waals surface area contributed by atoms with E-state index in [-0.39, 0.29) is 23.6 Å². The first-order valence-corrected chi connectivity index (χ1v) is 5.30. The Morgan fingerprint density at radius 2 is 2.06 bits per heavy atom. The van der Waals surface area contributed by atoms with Crippen molar-refractivity contribution in [3.8, 4) is 0 Å². The number of alkyl halides is 3. The molecule has 17 heavy (non-hydrogen) atoms. The monoisotopic (exact) mass is 266 g/mol. The van der Waals surface area contributed by atoms with Crippen LogP contribution in [-0.2, 0) is 11.7 Å². The summed E-state index contributed by atoms with van der Waals surface area (Å²) < 4.78 is 37.5. The lowest BCUT2D eigenvalue weighted by molar-refractivity contribution is -0.138. The van der Waals surface area contributed by atoms with Gasteiger partial charge in [-0.15, -0.1) is 0 Å². The van der Waals surface area contributed by atoms with E-state index >= 15 is 0 Å². The molecule has 0 aliphatic heterocycles. The topological polar surface area (TPSA) is 59.1 Å². The van der Waals surface area contributed by atoms with E-state index in [4.69, 9.17) is 17.3 Å². The second-order valence-corrected chi connectivity index (χ2v) is 4.64. The molecule has 1 saturated carbocycles. The van der Waals surface area contributed by atoms with E-state index in [0.29, 0.717) is 6.20 Å². The molecular weight excluding hydrogens is 257 g/mol. The molecule has 0 spiro atoms. The predicted octanol–water partition coefficient (Wildman–Crippen LogP) is 2.06. The summed E-state index contributed by atoms with van der Waals surface area (Å²) in [6.07, 6.45) is -4.02. The minimum absolute atomic E-state index is 0.0487. The Morgan fingerprint density at radius 1 is 1.47 bits per heavy atom. The zero-order chi connectivity index (χ0) is 12.8. The number of rotatable bonds is 1. The molecule has 3 N–H and O–H groups in total. The maximum Gasteiger partial charge on any atom is 0.417 e. The van der Waals surface area contributed by atoms with Crippen LogP contribution in [0.5, 0.6) is 0 Å². The molecule has 1 heterocycles. The van der Waals surface area contributed by atoms with Crippen molar-refractivity contribution in [2.45, 2.75) is 30.7 Å². The van der Waals surface area contributed by atoms with Crippen molar-refractivity contribution in [3.05, 3.63) is 28.5 Å². The van der Waals surface area contributed by atoms with Crippen molar-refractivity contribution in [1.29, 1.82) is 0 Å². The molecule has 0 saturated heterocycles. The molecule has 1 aromatic heterocycles. The van der Waals surface area contributed by atoms with Crippen LogP contribution in [0.25, 0.3) is 0 Å². The van der Waals surface area contributed by atoms with Gasteiger partial charge < -0.3 is 10.8 Å². The Hall–Kier alpha value is -0.850. The first-order valence-electron chi connectivity index (χ1n) is 4.92. The molecule has 0 amide bonds. The second-order valence-electron chi connectivity index (χ2n) is 4.28. The van der Waals surface area contributed by atoms with Crippen molar-refractivity contribution in [1.82, 2.24) is 4.98 Å². The molecule has 1 aromatic rings. The van der Waals surface area contributed by atoms with Gasteiger partial charge in [0.25, 0.3) is 0 Å². The maximum atomic E-state index is 12.5. The van der Waals surface area contributed by atoms with E-state index in [1.807, 2.05) is 0 Å². The average Bonchev–Trinajstić information content (AvgIpc) is 2.14. The van der Waals surface area contributed by atoms with Gasteiger partial charge in [0.2, 0.25) is 0 Å². The molecule has 0 bridgehead atoms. The Labute approximate surface area is 100 Å². The van der Waals surface area contributed by atoms with Gasteiger partial charge in [0.1, 0.15) is 5.15 Å². The molecule has 0 aromatic carbocycles. The highest BCUT2D eigenvalue weighted by molar-refractivity contribution is 6.30. The van der Waals surface area contributed by atoms with Gasteiger partial charge in [0, 0.05) is 17.3 Å². The van der Waals surface area contributed by atoms with Crippen molar-refractivity contribution < 1.29 is 18.3 Å². The lowest BCUT2D eigenvalue weighted by atomic mass is 9.71. The van der Waals surface area contributed by atoms with Crippen LogP contribution < -0.4 is 5.73 Å². The van der Waals surface area contributed by atoms with Gasteiger partial charge in [-0.1, -0.05) is 11.6 Å². The smallest absolute Gasteiger partial charge is 0.393 e. The number of aromatic nitrogens is 1. The number of hydrogen-bond acceptors (Lipinski definition) is 3. The standard InChI is InChI=1S/C10H10ClF3N2O/c11-8-7(9(15)2-6(17)3-9)1-5(4-16-8)10(12,13)14/h1,4,6,17H,2-3,15H2. The van der Waals surface area contributed by atoms with Crippen LogP contribution in [0.3, 0.4) is 0 Å². The summed E-state index contributed by atoms with van der Waals surface area (Å²) in [5, 5.41) is 9.15. The fraction of sp³-hybridized carbons (Fsp3) is 0.500. The number of nitrogens with zero attached hydrogens (tertiary/aromatic N) is 1. The van der Waals surface area contributed by atoms with Crippen LogP contribution >= 0.6 is 11.6 Å². The molecule has 1 aliphatic rings. The third kappa shape index (κ3) is 2.25. The van der Waals surface area contributed by atoms with Crippen LogP contribution in [0.4, 0.5) is 13.2 Å². The zero-order valence-electron chi connectivity index (χ0n) is 8.63. The largest absolute Gasteiger partial charge is 0.417 e. The van der Waals surface area contributed by atoms with Crippen molar-refractivity contribution >= 4 is 11.6 Å². The van der Waals surface area contributed by atoms with Gasteiger partial charge in [0.05, 0.1) is 11.7 Å². The zero-order valence-corrected chi connectivity index (χ0v) is 9.39. The van der Waals surface area contributed by atoms with E-state index < -0.39 is 23.4 Å². The van der Waals surface area contributed by atoms with E-state index in [1.165, 1.54) is 0 Å². The Bertz CT molecular complexity index is 444. The molecule has 1 aliphatic carbocycles. The van der Waals surface area contributed by atoms with Gasteiger partial charge in [0.15, 0.2) is 0 Å². The number of nitrogens with two attached hydrogens (primary N) is 1. The number of hydrogen-bond donors (Lipinski definition) is 2.